The van der Waals surface area contributed by atoms with E-state index in [2.05, 4.69) is 29.0 Å². The van der Waals surface area contributed by atoms with Gasteiger partial charge in [-0.15, -0.1) is 0 Å². The minimum Gasteiger partial charge on any atom is -0.383 e. The molecule has 2 saturated heterocycles. The second-order valence-electron chi connectivity index (χ2n) is 6.20. The maximum absolute atomic E-state index is 12.6. The number of amides is 1. The van der Waals surface area contributed by atoms with Gasteiger partial charge in [0.2, 0.25) is 5.91 Å². The summed E-state index contributed by atoms with van der Waals surface area (Å²) in [5.74, 6) is 0.609. The Morgan fingerprint density at radius 2 is 1.80 bits per heavy atom. The van der Waals surface area contributed by atoms with Crippen LogP contribution in [0.3, 0.4) is 0 Å². The highest BCUT2D eigenvalue weighted by Crippen LogP contribution is 2.21. The van der Waals surface area contributed by atoms with E-state index in [1.165, 1.54) is 0 Å². The molecule has 2 unspecified atom stereocenters. The Kier molecular flexibility index (Phi) is 5.81. The average Bonchev–Trinajstić information content (AvgIpc) is 2.46. The first kappa shape index (κ1) is 15.7. The molecule has 0 aromatic heterocycles. The predicted molar refractivity (Wildman–Crippen MR) is 79.7 cm³/mol. The van der Waals surface area contributed by atoms with Crippen LogP contribution in [-0.4, -0.2) is 74.2 Å². The van der Waals surface area contributed by atoms with Crippen molar-refractivity contribution in [1.82, 2.24) is 15.1 Å². The zero-order valence-corrected chi connectivity index (χ0v) is 13.1. The van der Waals surface area contributed by atoms with E-state index in [0.717, 1.165) is 52.2 Å². The van der Waals surface area contributed by atoms with Crippen LogP contribution < -0.4 is 5.32 Å². The number of carbonyl (C=O) groups excluding carboxylic acids is 1. The van der Waals surface area contributed by atoms with Crippen molar-refractivity contribution in [1.29, 1.82) is 0 Å². The van der Waals surface area contributed by atoms with Gasteiger partial charge in [0.25, 0.3) is 0 Å². The molecule has 116 valence electrons. The Labute approximate surface area is 122 Å². The highest BCUT2D eigenvalue weighted by Gasteiger charge is 2.34. The normalized spacial score (nSPS) is 29.6. The fourth-order valence-corrected chi connectivity index (χ4v) is 3.50. The highest BCUT2D eigenvalue weighted by atomic mass is 16.5. The van der Waals surface area contributed by atoms with Gasteiger partial charge < -0.3 is 15.0 Å². The van der Waals surface area contributed by atoms with E-state index in [1.807, 2.05) is 0 Å². The van der Waals surface area contributed by atoms with Crippen molar-refractivity contribution >= 4 is 5.91 Å². The third-order valence-corrected chi connectivity index (χ3v) is 4.66. The Morgan fingerprint density at radius 1 is 1.20 bits per heavy atom. The van der Waals surface area contributed by atoms with Crippen molar-refractivity contribution in [3.63, 3.8) is 0 Å². The van der Waals surface area contributed by atoms with Crippen LogP contribution in [0.4, 0.5) is 0 Å². The number of piperidine rings is 1. The zero-order chi connectivity index (χ0) is 14.5. The van der Waals surface area contributed by atoms with Crippen LogP contribution in [-0.2, 0) is 9.53 Å². The fourth-order valence-electron chi connectivity index (χ4n) is 3.50. The molecule has 2 aliphatic heterocycles. The summed E-state index contributed by atoms with van der Waals surface area (Å²) in [6, 6.07) is 0.833. The second kappa shape index (κ2) is 7.38. The first-order valence-electron chi connectivity index (χ1n) is 7.87. The number of carbonyl (C=O) groups is 1. The largest absolute Gasteiger partial charge is 0.383 e. The Hall–Kier alpha value is -0.650. The lowest BCUT2D eigenvalue weighted by Crippen LogP contribution is -2.59. The van der Waals surface area contributed by atoms with Gasteiger partial charge in [-0.2, -0.15) is 0 Å². The third kappa shape index (κ3) is 3.71. The van der Waals surface area contributed by atoms with Gasteiger partial charge in [0.1, 0.15) is 0 Å². The lowest BCUT2D eigenvalue weighted by molar-refractivity contribution is -0.141. The van der Waals surface area contributed by atoms with Crippen LogP contribution in [0.1, 0.15) is 26.7 Å². The summed E-state index contributed by atoms with van der Waals surface area (Å²) >= 11 is 0. The summed E-state index contributed by atoms with van der Waals surface area (Å²) in [7, 11) is 1.74. The molecule has 0 bridgehead atoms. The maximum atomic E-state index is 12.6. The topological polar surface area (TPSA) is 44.8 Å². The lowest BCUT2D eigenvalue weighted by atomic mass is 9.95. The summed E-state index contributed by atoms with van der Waals surface area (Å²) in [6.07, 6.45) is 1.98. The van der Waals surface area contributed by atoms with Gasteiger partial charge >= 0.3 is 0 Å². The summed E-state index contributed by atoms with van der Waals surface area (Å²) < 4.78 is 5.18. The van der Waals surface area contributed by atoms with Crippen molar-refractivity contribution in [3.05, 3.63) is 0 Å². The molecular weight excluding hydrogens is 254 g/mol. The molecule has 2 heterocycles. The number of ether oxygens (including phenoxy) is 1. The molecule has 0 aromatic carbocycles. The number of hydrogen-bond acceptors (Lipinski definition) is 4. The zero-order valence-electron chi connectivity index (χ0n) is 13.1. The molecule has 0 aromatic rings. The number of nitrogens with one attached hydrogen (secondary N) is 1. The smallest absolute Gasteiger partial charge is 0.225 e. The molecule has 5 nitrogen and oxygen atoms in total. The molecule has 1 amide bonds. The van der Waals surface area contributed by atoms with E-state index >= 15 is 0 Å². The van der Waals surface area contributed by atoms with Gasteiger partial charge in [0.05, 0.1) is 6.61 Å². The molecule has 1 N–H and O–H groups in total. The Balaban J connectivity index is 1.90. The molecule has 0 spiro atoms. The Bertz CT molecular complexity index is 306. The average molecular weight is 283 g/mol. The third-order valence-electron chi connectivity index (χ3n) is 4.66. The number of nitrogens with zero attached hydrogens (tertiary/aromatic N) is 2. The van der Waals surface area contributed by atoms with Gasteiger partial charge in [-0.1, -0.05) is 0 Å². The number of rotatable bonds is 4. The molecule has 20 heavy (non-hydrogen) atoms. The standard InChI is InChI=1S/C15H29N3O2/c1-12-10-17(11-13(2)18(12)8-9-20-3)15(19)14-4-6-16-7-5-14/h12-14,16H,4-11H2,1-3H3. The van der Waals surface area contributed by atoms with E-state index in [1.54, 1.807) is 7.11 Å². The van der Waals surface area contributed by atoms with Gasteiger partial charge in [0, 0.05) is 44.7 Å². The summed E-state index contributed by atoms with van der Waals surface area (Å²) in [5, 5.41) is 3.33. The summed E-state index contributed by atoms with van der Waals surface area (Å²) in [6.45, 7) is 9.82. The monoisotopic (exact) mass is 283 g/mol. The van der Waals surface area contributed by atoms with Crippen molar-refractivity contribution in [2.75, 3.05) is 46.4 Å². The first-order valence-corrected chi connectivity index (χ1v) is 7.87. The number of piperazine rings is 1. The minimum absolute atomic E-state index is 0.237. The Morgan fingerprint density at radius 3 is 2.35 bits per heavy atom. The molecule has 2 atom stereocenters. The van der Waals surface area contributed by atoms with Gasteiger partial charge in [-0.3, -0.25) is 9.69 Å². The summed E-state index contributed by atoms with van der Waals surface area (Å²) in [5.41, 5.74) is 0. The van der Waals surface area contributed by atoms with Crippen molar-refractivity contribution < 1.29 is 9.53 Å². The van der Waals surface area contributed by atoms with Crippen LogP contribution in [0.25, 0.3) is 0 Å². The molecule has 0 aliphatic carbocycles. The minimum atomic E-state index is 0.237. The van der Waals surface area contributed by atoms with Crippen LogP contribution >= 0.6 is 0 Å². The molecular formula is C15H29N3O2. The van der Waals surface area contributed by atoms with Crippen molar-refractivity contribution in [2.24, 2.45) is 5.92 Å². The fraction of sp³-hybridized carbons (Fsp3) is 0.933. The van der Waals surface area contributed by atoms with E-state index in [9.17, 15) is 4.79 Å². The van der Waals surface area contributed by atoms with E-state index < -0.39 is 0 Å². The molecule has 2 fully saturated rings. The van der Waals surface area contributed by atoms with Crippen LogP contribution in [0.2, 0.25) is 0 Å². The highest BCUT2D eigenvalue weighted by molar-refractivity contribution is 5.79. The van der Waals surface area contributed by atoms with E-state index in [4.69, 9.17) is 4.74 Å². The van der Waals surface area contributed by atoms with Crippen molar-refractivity contribution in [3.8, 4) is 0 Å². The first-order chi connectivity index (χ1) is 9.63. The molecule has 2 rings (SSSR count). The van der Waals surface area contributed by atoms with Crippen LogP contribution in [0.15, 0.2) is 0 Å². The van der Waals surface area contributed by atoms with Gasteiger partial charge in [0.15, 0.2) is 0 Å². The van der Waals surface area contributed by atoms with E-state index in [0.29, 0.717) is 18.0 Å². The second-order valence-corrected chi connectivity index (χ2v) is 6.20. The van der Waals surface area contributed by atoms with Crippen molar-refractivity contribution in [2.45, 2.75) is 38.8 Å². The number of hydrogen-bond donors (Lipinski definition) is 1. The quantitative estimate of drug-likeness (QED) is 0.818. The maximum Gasteiger partial charge on any atom is 0.225 e. The molecule has 5 heteroatoms. The number of methoxy groups -OCH3 is 1. The molecule has 0 radical (unpaired) electrons. The van der Waals surface area contributed by atoms with E-state index in [-0.39, 0.29) is 5.92 Å². The lowest BCUT2D eigenvalue weighted by Gasteiger charge is -2.45. The van der Waals surface area contributed by atoms with Gasteiger partial charge in [-0.25, -0.2) is 0 Å². The SMILES string of the molecule is COCCN1C(C)CN(C(=O)C2CCNCC2)CC1C. The van der Waals surface area contributed by atoms with Gasteiger partial charge in [-0.05, 0) is 39.8 Å². The molecule has 2 aliphatic rings. The summed E-state index contributed by atoms with van der Waals surface area (Å²) in [4.78, 5) is 17.2. The predicted octanol–water partition coefficient (Wildman–Crippen LogP) is 0.554. The van der Waals surface area contributed by atoms with Crippen LogP contribution in [0.5, 0.6) is 0 Å². The van der Waals surface area contributed by atoms with Crippen LogP contribution in [0, 0.1) is 5.92 Å². The molecule has 0 saturated carbocycles.